The lowest BCUT2D eigenvalue weighted by atomic mass is 10.2. The van der Waals surface area contributed by atoms with Gasteiger partial charge in [0, 0.05) is 34.0 Å². The molecular weight excluding hydrogens is 354 g/mol. The fourth-order valence-corrected chi connectivity index (χ4v) is 1.53. The Labute approximate surface area is 133 Å². The number of benzene rings is 1. The highest BCUT2D eigenvalue weighted by Crippen LogP contribution is 2.09. The number of rotatable bonds is 0. The molecule has 0 N–H and O–H groups in total. The summed E-state index contributed by atoms with van der Waals surface area (Å²) in [5, 5.41) is 0. The SMILES string of the molecule is CS(=O)(=O)[O-].C[n+]1ccc(C#Cc2ccc(Br)cc2)cc1. The predicted molar refractivity (Wildman–Crippen MR) is 83.4 cm³/mol. The Kier molecular flexibility index (Phi) is 6.56. The molecule has 0 unspecified atom stereocenters. The molecule has 0 aliphatic carbocycles. The molecule has 0 aliphatic heterocycles. The van der Waals surface area contributed by atoms with Crippen LogP contribution in [-0.2, 0) is 17.2 Å². The van der Waals surface area contributed by atoms with Crippen molar-refractivity contribution in [3.8, 4) is 11.8 Å². The van der Waals surface area contributed by atoms with Crippen LogP contribution in [0.2, 0.25) is 0 Å². The van der Waals surface area contributed by atoms with E-state index in [2.05, 4.69) is 27.8 Å². The maximum atomic E-state index is 9.08. The summed E-state index contributed by atoms with van der Waals surface area (Å²) in [6, 6.07) is 12.0. The summed E-state index contributed by atoms with van der Waals surface area (Å²) in [6.07, 6.45) is 4.59. The highest BCUT2D eigenvalue weighted by Gasteiger charge is 1.91. The van der Waals surface area contributed by atoms with Crippen LogP contribution in [0.5, 0.6) is 0 Å². The Balaban J connectivity index is 0.000000383. The number of aromatic nitrogens is 1. The van der Waals surface area contributed by atoms with Gasteiger partial charge in [0.25, 0.3) is 0 Å². The van der Waals surface area contributed by atoms with Crippen LogP contribution in [-0.4, -0.2) is 19.2 Å². The van der Waals surface area contributed by atoms with E-state index in [0.29, 0.717) is 6.26 Å². The first-order valence-electron chi connectivity index (χ1n) is 5.88. The lowest BCUT2D eigenvalue weighted by molar-refractivity contribution is -0.671. The molecule has 1 heterocycles. The second kappa shape index (κ2) is 7.93. The van der Waals surface area contributed by atoms with Crippen LogP contribution in [0, 0.1) is 11.8 Å². The summed E-state index contributed by atoms with van der Waals surface area (Å²) in [5.41, 5.74) is 2.05. The summed E-state index contributed by atoms with van der Waals surface area (Å²) >= 11 is 3.40. The number of pyridine rings is 1. The van der Waals surface area contributed by atoms with Gasteiger partial charge in [-0.05, 0) is 24.3 Å². The maximum absolute atomic E-state index is 9.08. The van der Waals surface area contributed by atoms with Crippen LogP contribution >= 0.6 is 15.9 Å². The first-order chi connectivity index (χ1) is 9.74. The van der Waals surface area contributed by atoms with E-state index in [1.807, 2.05) is 60.4 Å². The van der Waals surface area contributed by atoms with Gasteiger partial charge in [0.1, 0.15) is 7.05 Å². The molecule has 110 valence electrons. The molecule has 6 heteroatoms. The molecular formula is C15H14BrNO3S. The number of hydrogen-bond acceptors (Lipinski definition) is 3. The third-order valence-electron chi connectivity index (χ3n) is 2.17. The molecule has 0 aliphatic rings. The molecule has 21 heavy (non-hydrogen) atoms. The van der Waals surface area contributed by atoms with Crippen LogP contribution in [0.4, 0.5) is 0 Å². The minimum Gasteiger partial charge on any atom is -0.748 e. The van der Waals surface area contributed by atoms with Crippen molar-refractivity contribution in [2.24, 2.45) is 7.05 Å². The Morgan fingerprint density at radius 2 is 1.38 bits per heavy atom. The molecule has 0 bridgehead atoms. The summed E-state index contributed by atoms with van der Waals surface area (Å²) in [7, 11) is -1.92. The van der Waals surface area contributed by atoms with Gasteiger partial charge in [0.2, 0.25) is 0 Å². The molecule has 0 fully saturated rings. The zero-order valence-corrected chi connectivity index (χ0v) is 14.0. The van der Waals surface area contributed by atoms with Gasteiger partial charge in [-0.3, -0.25) is 0 Å². The second-order valence-electron chi connectivity index (χ2n) is 4.21. The van der Waals surface area contributed by atoms with E-state index in [4.69, 9.17) is 13.0 Å². The van der Waals surface area contributed by atoms with Crippen molar-refractivity contribution in [3.05, 3.63) is 64.4 Å². The standard InChI is InChI=1S/C14H11BrN.CH4O3S/c1-16-10-8-13(9-11-16)3-2-12-4-6-14(15)7-5-12;1-5(2,3)4/h4-11H,1H3;1H3,(H,2,3,4)/q+1;/p-1. The predicted octanol–water partition coefficient (Wildman–Crippen LogP) is 1.83. The average Bonchev–Trinajstić information content (AvgIpc) is 2.38. The highest BCUT2D eigenvalue weighted by atomic mass is 79.9. The van der Waals surface area contributed by atoms with Gasteiger partial charge in [-0.2, -0.15) is 0 Å². The third-order valence-corrected chi connectivity index (χ3v) is 2.70. The normalized spacial score (nSPS) is 9.90. The van der Waals surface area contributed by atoms with E-state index >= 15 is 0 Å². The van der Waals surface area contributed by atoms with Crippen molar-refractivity contribution in [2.45, 2.75) is 0 Å². The minimum absolute atomic E-state index is 0.604. The molecule has 4 nitrogen and oxygen atoms in total. The molecule has 2 aromatic rings. The van der Waals surface area contributed by atoms with E-state index in [9.17, 15) is 0 Å². The summed E-state index contributed by atoms with van der Waals surface area (Å²) in [6.45, 7) is 0. The van der Waals surface area contributed by atoms with Gasteiger partial charge in [-0.1, -0.05) is 27.8 Å². The number of hydrogen-bond donors (Lipinski definition) is 0. The van der Waals surface area contributed by atoms with Crippen molar-refractivity contribution < 1.29 is 17.5 Å². The minimum atomic E-state index is -3.92. The van der Waals surface area contributed by atoms with Gasteiger partial charge in [0.05, 0.1) is 10.1 Å². The van der Waals surface area contributed by atoms with Crippen molar-refractivity contribution in [1.29, 1.82) is 0 Å². The van der Waals surface area contributed by atoms with Crippen LogP contribution in [0.1, 0.15) is 11.1 Å². The maximum Gasteiger partial charge on any atom is 0.169 e. The van der Waals surface area contributed by atoms with Gasteiger partial charge in [-0.15, -0.1) is 0 Å². The Morgan fingerprint density at radius 1 is 1.00 bits per heavy atom. The monoisotopic (exact) mass is 367 g/mol. The molecule has 0 radical (unpaired) electrons. The Bertz CT molecular complexity index is 685. The van der Waals surface area contributed by atoms with Crippen molar-refractivity contribution in [1.82, 2.24) is 0 Å². The number of aryl methyl sites for hydroxylation is 1. The lowest BCUT2D eigenvalue weighted by Gasteiger charge is -1.90. The molecule has 0 atom stereocenters. The molecule has 0 amide bonds. The smallest absolute Gasteiger partial charge is 0.169 e. The number of nitrogens with zero attached hydrogens (tertiary/aromatic N) is 1. The number of halogens is 1. The molecule has 0 saturated heterocycles. The van der Waals surface area contributed by atoms with Crippen molar-refractivity contribution >= 4 is 26.0 Å². The third kappa shape index (κ3) is 8.97. The quantitative estimate of drug-likeness (QED) is 0.405. The molecule has 1 aromatic heterocycles. The van der Waals surface area contributed by atoms with Crippen LogP contribution in [0.25, 0.3) is 0 Å². The topological polar surface area (TPSA) is 61.1 Å². The summed E-state index contributed by atoms with van der Waals surface area (Å²) in [5.74, 6) is 6.26. The highest BCUT2D eigenvalue weighted by molar-refractivity contribution is 9.10. The van der Waals surface area contributed by atoms with Gasteiger partial charge >= 0.3 is 0 Å². The largest absolute Gasteiger partial charge is 0.748 e. The van der Waals surface area contributed by atoms with Crippen LogP contribution in [0.15, 0.2) is 53.3 Å². The van der Waals surface area contributed by atoms with E-state index in [1.54, 1.807) is 0 Å². The Hall–Kier alpha value is -1.68. The first-order valence-corrected chi connectivity index (χ1v) is 8.49. The van der Waals surface area contributed by atoms with Gasteiger partial charge in [0.15, 0.2) is 12.4 Å². The van der Waals surface area contributed by atoms with E-state index in [-0.39, 0.29) is 0 Å². The summed E-state index contributed by atoms with van der Waals surface area (Å²) < 4.78 is 30.3. The van der Waals surface area contributed by atoms with Crippen LogP contribution in [0.3, 0.4) is 0 Å². The first kappa shape index (κ1) is 17.4. The average molecular weight is 368 g/mol. The van der Waals surface area contributed by atoms with E-state index in [0.717, 1.165) is 15.6 Å². The summed E-state index contributed by atoms with van der Waals surface area (Å²) in [4.78, 5) is 0. The van der Waals surface area contributed by atoms with Gasteiger partial charge < -0.3 is 4.55 Å². The van der Waals surface area contributed by atoms with Crippen LogP contribution < -0.4 is 4.57 Å². The van der Waals surface area contributed by atoms with Gasteiger partial charge in [-0.25, -0.2) is 13.0 Å². The molecule has 2 rings (SSSR count). The molecule has 0 spiro atoms. The molecule has 0 saturated carbocycles. The fraction of sp³-hybridized carbons (Fsp3) is 0.133. The van der Waals surface area contributed by atoms with E-state index in [1.165, 1.54) is 0 Å². The lowest BCUT2D eigenvalue weighted by Crippen LogP contribution is -2.25. The fourth-order valence-electron chi connectivity index (χ4n) is 1.26. The molecule has 1 aromatic carbocycles. The van der Waals surface area contributed by atoms with E-state index < -0.39 is 10.1 Å². The van der Waals surface area contributed by atoms with Crippen molar-refractivity contribution in [3.63, 3.8) is 0 Å². The Morgan fingerprint density at radius 3 is 1.81 bits per heavy atom. The zero-order chi connectivity index (χ0) is 15.9. The zero-order valence-electron chi connectivity index (χ0n) is 11.6. The van der Waals surface area contributed by atoms with Crippen molar-refractivity contribution in [2.75, 3.05) is 6.26 Å². The second-order valence-corrected chi connectivity index (χ2v) is 6.54.